The van der Waals surface area contributed by atoms with Crippen molar-refractivity contribution in [2.75, 3.05) is 19.6 Å². The summed E-state index contributed by atoms with van der Waals surface area (Å²) >= 11 is 1.39. The molecule has 1 aromatic heterocycles. The van der Waals surface area contributed by atoms with Crippen molar-refractivity contribution in [3.63, 3.8) is 0 Å². The van der Waals surface area contributed by atoms with Crippen molar-refractivity contribution < 1.29 is 18.7 Å². The van der Waals surface area contributed by atoms with Crippen LogP contribution in [-0.2, 0) is 17.8 Å². The third kappa shape index (κ3) is 5.37. The van der Waals surface area contributed by atoms with E-state index in [1.807, 2.05) is 49.9 Å². The molecule has 1 aliphatic heterocycles. The van der Waals surface area contributed by atoms with Gasteiger partial charge in [-0.2, -0.15) is 0 Å². The molecule has 3 aromatic rings. The average Bonchev–Trinajstić information content (AvgIpc) is 3.36. The van der Waals surface area contributed by atoms with E-state index < -0.39 is 0 Å². The van der Waals surface area contributed by atoms with Gasteiger partial charge in [0, 0.05) is 31.4 Å². The van der Waals surface area contributed by atoms with Crippen LogP contribution in [0.25, 0.3) is 0 Å². The normalized spacial score (nSPS) is 15.0. The fourth-order valence-electron chi connectivity index (χ4n) is 4.48. The van der Waals surface area contributed by atoms with Crippen LogP contribution < -0.4 is 4.74 Å². The average molecular weight is 496 g/mol. The number of halogens is 1. The van der Waals surface area contributed by atoms with Gasteiger partial charge < -0.3 is 14.5 Å². The highest BCUT2D eigenvalue weighted by Gasteiger charge is 2.32. The van der Waals surface area contributed by atoms with Crippen LogP contribution in [0.1, 0.15) is 65.4 Å². The molecule has 4 rings (SSSR count). The number of hydrogen-bond donors (Lipinski definition) is 0. The number of hydrogen-bond acceptors (Lipinski definition) is 5. The van der Waals surface area contributed by atoms with Crippen LogP contribution in [0.2, 0.25) is 0 Å². The minimum Gasteiger partial charge on any atom is -0.486 e. The van der Waals surface area contributed by atoms with Gasteiger partial charge in [-0.05, 0) is 61.2 Å². The van der Waals surface area contributed by atoms with Gasteiger partial charge in [-0.15, -0.1) is 11.3 Å². The van der Waals surface area contributed by atoms with Gasteiger partial charge in [0.2, 0.25) is 5.91 Å². The molecule has 0 saturated heterocycles. The van der Waals surface area contributed by atoms with Gasteiger partial charge in [-0.3, -0.25) is 9.59 Å². The van der Waals surface area contributed by atoms with E-state index in [2.05, 4.69) is 4.98 Å². The lowest BCUT2D eigenvalue weighted by molar-refractivity contribution is -0.132. The first-order valence-corrected chi connectivity index (χ1v) is 12.9. The monoisotopic (exact) mass is 495 g/mol. The Balaban J connectivity index is 1.57. The largest absolute Gasteiger partial charge is 0.486 e. The summed E-state index contributed by atoms with van der Waals surface area (Å²) < 4.78 is 20.1. The van der Waals surface area contributed by atoms with Crippen molar-refractivity contribution in [2.24, 2.45) is 0 Å². The zero-order chi connectivity index (χ0) is 24.9. The van der Waals surface area contributed by atoms with E-state index >= 15 is 0 Å². The van der Waals surface area contributed by atoms with Gasteiger partial charge in [0.15, 0.2) is 0 Å². The first-order chi connectivity index (χ1) is 16.9. The number of ether oxygens (including phenoxy) is 1. The number of nitrogens with zero attached hydrogens (tertiary/aromatic N) is 3. The lowest BCUT2D eigenvalue weighted by Crippen LogP contribution is -2.40. The molecule has 2 amide bonds. The van der Waals surface area contributed by atoms with Crippen molar-refractivity contribution in [1.82, 2.24) is 14.8 Å². The first-order valence-electron chi connectivity index (χ1n) is 12.0. The van der Waals surface area contributed by atoms with E-state index in [0.717, 1.165) is 23.1 Å². The fraction of sp³-hybridized carbons (Fsp3) is 0.370. The van der Waals surface area contributed by atoms with E-state index in [-0.39, 0.29) is 30.3 Å². The maximum absolute atomic E-state index is 14.1. The van der Waals surface area contributed by atoms with Crippen molar-refractivity contribution >= 4 is 23.2 Å². The Kier molecular flexibility index (Phi) is 7.80. The number of carbonyl (C=O) groups is 2. The Morgan fingerprint density at radius 1 is 1.17 bits per heavy atom. The van der Waals surface area contributed by atoms with Crippen molar-refractivity contribution in [3.8, 4) is 5.75 Å². The number of aromatic nitrogens is 1. The van der Waals surface area contributed by atoms with Crippen LogP contribution in [0.3, 0.4) is 0 Å². The molecular formula is C27H30FN3O3S. The molecule has 35 heavy (non-hydrogen) atoms. The summed E-state index contributed by atoms with van der Waals surface area (Å²) in [6.45, 7) is 7.82. The predicted molar refractivity (Wildman–Crippen MR) is 134 cm³/mol. The highest BCUT2D eigenvalue weighted by molar-refractivity contribution is 7.09. The minimum atomic E-state index is -0.372. The van der Waals surface area contributed by atoms with Crippen LogP contribution in [-0.4, -0.2) is 46.2 Å². The molecule has 6 nitrogen and oxygen atoms in total. The quantitative estimate of drug-likeness (QED) is 0.430. The van der Waals surface area contributed by atoms with Crippen LogP contribution in [0.4, 0.5) is 4.39 Å². The first kappa shape index (κ1) is 24.9. The van der Waals surface area contributed by atoms with Gasteiger partial charge in [0.25, 0.3) is 5.91 Å². The number of carbonyl (C=O) groups excluding carboxylic acids is 2. The standard InChI is InChI=1S/C27H30FN3O3S/c1-4-25(32)31-13-12-18-10-11-21(15-22(18)26(31)19-8-7-9-20(28)14-19)34-16-24-29-23(17-35-24)27(33)30(5-2)6-3/h7-11,14-15,17,26H,4-6,12-13,16H2,1-3H3/t26-/m0/s1. The molecule has 0 fully saturated rings. The van der Waals surface area contributed by atoms with E-state index in [1.54, 1.807) is 16.3 Å². The number of amides is 2. The molecule has 1 atom stereocenters. The topological polar surface area (TPSA) is 62.7 Å². The number of benzene rings is 2. The molecule has 2 heterocycles. The van der Waals surface area contributed by atoms with Gasteiger partial charge in [0.1, 0.15) is 28.9 Å². The number of thiazole rings is 1. The summed E-state index contributed by atoms with van der Waals surface area (Å²) in [6.07, 6.45) is 1.12. The molecular weight excluding hydrogens is 465 g/mol. The van der Waals surface area contributed by atoms with E-state index in [4.69, 9.17) is 4.74 Å². The predicted octanol–water partition coefficient (Wildman–Crippen LogP) is 5.23. The number of fused-ring (bicyclic) bond motifs is 1. The van der Waals surface area contributed by atoms with Crippen LogP contribution >= 0.6 is 11.3 Å². The second-order valence-electron chi connectivity index (χ2n) is 8.40. The SMILES string of the molecule is CCC(=O)N1CCc2ccc(OCc3nc(C(=O)N(CC)CC)cs3)cc2[C@@H]1c1cccc(F)c1. The summed E-state index contributed by atoms with van der Waals surface area (Å²) in [6, 6.07) is 11.9. The third-order valence-corrected chi connectivity index (χ3v) is 7.14. The summed E-state index contributed by atoms with van der Waals surface area (Å²) in [4.78, 5) is 33.3. The Morgan fingerprint density at radius 3 is 2.69 bits per heavy atom. The Bertz CT molecular complexity index is 1210. The third-order valence-electron chi connectivity index (χ3n) is 6.32. The fourth-order valence-corrected chi connectivity index (χ4v) is 5.16. The Hall–Kier alpha value is -3.26. The van der Waals surface area contributed by atoms with E-state index in [1.165, 1.54) is 23.5 Å². The molecule has 1 aliphatic rings. The zero-order valence-corrected chi connectivity index (χ0v) is 21.1. The summed E-state index contributed by atoms with van der Waals surface area (Å²) in [7, 11) is 0. The highest BCUT2D eigenvalue weighted by Crippen LogP contribution is 2.38. The molecule has 0 radical (unpaired) electrons. The second kappa shape index (κ2) is 11.0. The Morgan fingerprint density at radius 2 is 1.97 bits per heavy atom. The molecule has 8 heteroatoms. The lowest BCUT2D eigenvalue weighted by atomic mass is 9.87. The van der Waals surface area contributed by atoms with Crippen LogP contribution in [0, 0.1) is 5.82 Å². The maximum Gasteiger partial charge on any atom is 0.273 e. The van der Waals surface area contributed by atoms with Gasteiger partial charge in [-0.1, -0.05) is 25.1 Å². The minimum absolute atomic E-state index is 0.0319. The van der Waals surface area contributed by atoms with Gasteiger partial charge in [-0.25, -0.2) is 9.37 Å². The molecule has 0 unspecified atom stereocenters. The highest BCUT2D eigenvalue weighted by atomic mass is 32.1. The second-order valence-corrected chi connectivity index (χ2v) is 9.34. The molecule has 0 bridgehead atoms. The summed E-state index contributed by atoms with van der Waals surface area (Å²) in [5, 5.41) is 2.48. The maximum atomic E-state index is 14.1. The van der Waals surface area contributed by atoms with Gasteiger partial charge in [0.05, 0.1) is 6.04 Å². The van der Waals surface area contributed by atoms with Gasteiger partial charge >= 0.3 is 0 Å². The van der Waals surface area contributed by atoms with Crippen LogP contribution in [0.15, 0.2) is 47.8 Å². The van der Waals surface area contributed by atoms with Crippen molar-refractivity contribution in [1.29, 1.82) is 0 Å². The van der Waals surface area contributed by atoms with E-state index in [0.29, 0.717) is 42.5 Å². The van der Waals surface area contributed by atoms with E-state index in [9.17, 15) is 14.0 Å². The zero-order valence-electron chi connectivity index (χ0n) is 20.3. The van der Waals surface area contributed by atoms with Crippen molar-refractivity contribution in [2.45, 2.75) is 46.3 Å². The smallest absolute Gasteiger partial charge is 0.273 e. The Labute approximate surface area is 209 Å². The molecule has 0 aliphatic carbocycles. The molecule has 0 saturated carbocycles. The molecule has 2 aromatic carbocycles. The lowest BCUT2D eigenvalue weighted by Gasteiger charge is -2.38. The molecule has 0 N–H and O–H groups in total. The molecule has 184 valence electrons. The summed E-state index contributed by atoms with van der Waals surface area (Å²) in [5.74, 6) is 0.266. The van der Waals surface area contributed by atoms with Crippen LogP contribution in [0.5, 0.6) is 5.75 Å². The van der Waals surface area contributed by atoms with Crippen molar-refractivity contribution in [3.05, 3.63) is 81.1 Å². The summed E-state index contributed by atoms with van der Waals surface area (Å²) in [5.41, 5.74) is 3.23. The molecule has 0 spiro atoms. The number of rotatable bonds is 8.